The molecule has 0 spiro atoms. The van der Waals surface area contributed by atoms with Gasteiger partial charge in [-0.25, -0.2) is 0 Å². The zero-order chi connectivity index (χ0) is 10.8. The van der Waals surface area contributed by atoms with Gasteiger partial charge in [0.15, 0.2) is 5.16 Å². The summed E-state index contributed by atoms with van der Waals surface area (Å²) in [5.74, 6) is 0.108. The van der Waals surface area contributed by atoms with E-state index in [1.165, 1.54) is 0 Å². The molecule has 0 bridgehead atoms. The fourth-order valence-corrected chi connectivity index (χ4v) is 3.99. The van der Waals surface area contributed by atoms with E-state index in [0.717, 1.165) is 0 Å². The minimum atomic E-state index is -3.23. The van der Waals surface area contributed by atoms with Crippen molar-refractivity contribution in [3.8, 4) is 6.07 Å². The third-order valence-electron chi connectivity index (χ3n) is 2.55. The molecule has 0 N–H and O–H groups in total. The van der Waals surface area contributed by atoms with Crippen LogP contribution in [0.25, 0.3) is 0 Å². The van der Waals surface area contributed by atoms with Crippen LogP contribution in [-0.2, 0) is 13.6 Å². The Morgan fingerprint density at radius 2 is 1.93 bits per heavy atom. The minimum Gasteiger partial charge on any atom is -0.308 e. The molecule has 14 heavy (non-hydrogen) atoms. The topological polar surface area (TPSA) is 59.3 Å². The average molecular weight is 217 g/mol. The number of nitrogens with zero attached hydrogens (tertiary/aromatic N) is 1. The molecule has 0 saturated heterocycles. The number of rotatable bonds is 5. The Kier molecular flexibility index (Phi) is 3.36. The molecule has 0 aromatic rings. The van der Waals surface area contributed by atoms with Gasteiger partial charge in [-0.05, 0) is 26.2 Å². The Bertz CT molecular complexity index is 289. The van der Waals surface area contributed by atoms with E-state index in [1.54, 1.807) is 13.8 Å². The van der Waals surface area contributed by atoms with Gasteiger partial charge >= 0.3 is 7.60 Å². The second-order valence-corrected chi connectivity index (χ2v) is 5.78. The van der Waals surface area contributed by atoms with Crippen LogP contribution in [0.5, 0.6) is 0 Å². The molecule has 1 fully saturated rings. The second-order valence-electron chi connectivity index (χ2n) is 3.47. The maximum Gasteiger partial charge on any atom is 0.351 e. The van der Waals surface area contributed by atoms with Gasteiger partial charge in [-0.1, -0.05) is 6.92 Å². The lowest BCUT2D eigenvalue weighted by atomic mass is 10.4. The average Bonchev–Trinajstić information content (AvgIpc) is 2.79. The van der Waals surface area contributed by atoms with Gasteiger partial charge in [0.05, 0.1) is 19.3 Å². The summed E-state index contributed by atoms with van der Waals surface area (Å²) in [6, 6.07) is 2.10. The molecule has 0 aromatic heterocycles. The van der Waals surface area contributed by atoms with Crippen molar-refractivity contribution in [2.24, 2.45) is 5.92 Å². The van der Waals surface area contributed by atoms with Crippen molar-refractivity contribution in [1.82, 2.24) is 0 Å². The summed E-state index contributed by atoms with van der Waals surface area (Å²) in [6.45, 7) is 6.03. The summed E-state index contributed by atoms with van der Waals surface area (Å²) in [4.78, 5) is 0. The predicted molar refractivity (Wildman–Crippen MR) is 53.0 cm³/mol. The van der Waals surface area contributed by atoms with E-state index in [4.69, 9.17) is 14.3 Å². The van der Waals surface area contributed by atoms with Gasteiger partial charge < -0.3 is 9.05 Å². The smallest absolute Gasteiger partial charge is 0.308 e. The molecule has 2 atom stereocenters. The molecular weight excluding hydrogens is 201 g/mol. The van der Waals surface area contributed by atoms with Crippen LogP contribution in [0.4, 0.5) is 0 Å². The lowest BCUT2D eigenvalue weighted by Crippen LogP contribution is -2.14. The Labute approximate surface area is 84.7 Å². The van der Waals surface area contributed by atoms with Gasteiger partial charge in [-0.15, -0.1) is 0 Å². The molecule has 4 nitrogen and oxygen atoms in total. The first kappa shape index (κ1) is 11.7. The third-order valence-corrected chi connectivity index (χ3v) is 5.45. The quantitative estimate of drug-likeness (QED) is 0.664. The molecule has 80 valence electrons. The standard InChI is InChI=1S/C9H16NO3P/c1-4-12-14(11,13-5-2)9(7-10)6-8(9)3/h8H,4-6H2,1-3H3. The fraction of sp³-hybridized carbons (Fsp3) is 0.889. The molecule has 5 heteroatoms. The molecule has 0 heterocycles. The molecule has 1 aliphatic rings. The van der Waals surface area contributed by atoms with Crippen molar-refractivity contribution < 1.29 is 13.6 Å². The Morgan fingerprint density at radius 1 is 1.50 bits per heavy atom. The summed E-state index contributed by atoms with van der Waals surface area (Å²) in [7, 11) is -3.23. The van der Waals surface area contributed by atoms with Crippen molar-refractivity contribution >= 4 is 7.60 Å². The summed E-state index contributed by atoms with van der Waals surface area (Å²) in [5, 5.41) is 8.16. The lowest BCUT2D eigenvalue weighted by molar-refractivity contribution is 0.213. The molecular formula is C9H16NO3P. The normalized spacial score (nSPS) is 31.1. The predicted octanol–water partition coefficient (Wildman–Crippen LogP) is 2.55. The molecule has 0 aliphatic heterocycles. The Morgan fingerprint density at radius 3 is 2.14 bits per heavy atom. The molecule has 0 radical (unpaired) electrons. The van der Waals surface area contributed by atoms with E-state index in [1.807, 2.05) is 6.92 Å². The molecule has 0 amide bonds. The summed E-state index contributed by atoms with van der Waals surface area (Å²) in [5.41, 5.74) is 0. The third kappa shape index (κ3) is 1.61. The van der Waals surface area contributed by atoms with E-state index >= 15 is 0 Å². The highest BCUT2D eigenvalue weighted by atomic mass is 31.2. The van der Waals surface area contributed by atoms with Crippen LogP contribution < -0.4 is 0 Å². The number of nitriles is 1. The summed E-state index contributed by atoms with van der Waals surface area (Å²) >= 11 is 0. The first-order chi connectivity index (χ1) is 6.56. The number of hydrogen-bond donors (Lipinski definition) is 0. The van der Waals surface area contributed by atoms with E-state index in [2.05, 4.69) is 6.07 Å². The highest BCUT2D eigenvalue weighted by Gasteiger charge is 2.67. The SMILES string of the molecule is CCOP(=O)(OCC)C1(C#N)CC1C. The van der Waals surface area contributed by atoms with Crippen molar-refractivity contribution in [3.63, 3.8) is 0 Å². The van der Waals surface area contributed by atoms with Crippen LogP contribution in [0.3, 0.4) is 0 Å². The maximum absolute atomic E-state index is 12.3. The van der Waals surface area contributed by atoms with Crippen molar-refractivity contribution in [1.29, 1.82) is 5.26 Å². The minimum absolute atomic E-state index is 0.108. The molecule has 1 rings (SSSR count). The van der Waals surface area contributed by atoms with Crippen LogP contribution in [-0.4, -0.2) is 18.4 Å². The lowest BCUT2D eigenvalue weighted by Gasteiger charge is -2.21. The molecule has 0 aromatic carbocycles. The fourth-order valence-electron chi connectivity index (χ4n) is 1.61. The molecule has 2 unspecified atom stereocenters. The summed E-state index contributed by atoms with van der Waals surface area (Å²) in [6.07, 6.45) is 0.612. The van der Waals surface area contributed by atoms with Crippen molar-refractivity contribution in [2.75, 3.05) is 13.2 Å². The van der Waals surface area contributed by atoms with Gasteiger partial charge in [0.1, 0.15) is 0 Å². The van der Waals surface area contributed by atoms with E-state index in [0.29, 0.717) is 19.6 Å². The van der Waals surface area contributed by atoms with Gasteiger partial charge in [-0.3, -0.25) is 4.57 Å². The van der Waals surface area contributed by atoms with Gasteiger partial charge in [0, 0.05) is 0 Å². The van der Waals surface area contributed by atoms with Crippen LogP contribution >= 0.6 is 7.60 Å². The zero-order valence-electron chi connectivity index (χ0n) is 8.82. The highest BCUT2D eigenvalue weighted by molar-refractivity contribution is 7.56. The van der Waals surface area contributed by atoms with Crippen LogP contribution in [0, 0.1) is 17.2 Å². The van der Waals surface area contributed by atoms with E-state index in [9.17, 15) is 4.57 Å². The monoisotopic (exact) mass is 217 g/mol. The maximum atomic E-state index is 12.3. The van der Waals surface area contributed by atoms with Crippen LogP contribution in [0.15, 0.2) is 0 Å². The van der Waals surface area contributed by atoms with Crippen LogP contribution in [0.2, 0.25) is 0 Å². The second kappa shape index (κ2) is 4.02. The molecule has 1 saturated carbocycles. The van der Waals surface area contributed by atoms with Gasteiger partial charge in [-0.2, -0.15) is 5.26 Å². The number of hydrogen-bond acceptors (Lipinski definition) is 4. The van der Waals surface area contributed by atoms with E-state index < -0.39 is 12.8 Å². The first-order valence-electron chi connectivity index (χ1n) is 4.86. The van der Waals surface area contributed by atoms with Crippen molar-refractivity contribution in [3.05, 3.63) is 0 Å². The van der Waals surface area contributed by atoms with Crippen LogP contribution in [0.1, 0.15) is 27.2 Å². The Hall–Kier alpha value is -0.360. The first-order valence-corrected chi connectivity index (χ1v) is 6.41. The summed E-state index contributed by atoms with van der Waals surface area (Å²) < 4.78 is 22.6. The van der Waals surface area contributed by atoms with Gasteiger partial charge in [0.25, 0.3) is 0 Å². The zero-order valence-corrected chi connectivity index (χ0v) is 9.71. The largest absolute Gasteiger partial charge is 0.351 e. The highest BCUT2D eigenvalue weighted by Crippen LogP contribution is 2.73. The molecule has 1 aliphatic carbocycles. The Balaban J connectivity index is 2.89. The van der Waals surface area contributed by atoms with Crippen molar-refractivity contribution in [2.45, 2.75) is 32.3 Å². The van der Waals surface area contributed by atoms with E-state index in [-0.39, 0.29) is 5.92 Å². The van der Waals surface area contributed by atoms with Gasteiger partial charge in [0.2, 0.25) is 0 Å².